The van der Waals surface area contributed by atoms with Crippen LogP contribution in [0.3, 0.4) is 0 Å². The topological polar surface area (TPSA) is 144 Å². The van der Waals surface area contributed by atoms with Gasteiger partial charge in [0.15, 0.2) is 0 Å². The number of halogens is 1. The molecule has 4 aromatic rings. The second-order valence-electron chi connectivity index (χ2n) is 7.45. The van der Waals surface area contributed by atoms with Crippen molar-refractivity contribution < 1.29 is 14.3 Å². The molecule has 12 heteroatoms. The van der Waals surface area contributed by atoms with Crippen molar-refractivity contribution >= 4 is 35.4 Å². The summed E-state index contributed by atoms with van der Waals surface area (Å²) in [6.45, 7) is 0.0176. The zero-order chi connectivity index (χ0) is 25.5. The molecule has 2 aromatic heterocycles. The van der Waals surface area contributed by atoms with Crippen molar-refractivity contribution in [1.82, 2.24) is 30.5 Å². The lowest BCUT2D eigenvalue weighted by molar-refractivity contribution is -0.116. The van der Waals surface area contributed by atoms with E-state index in [4.69, 9.17) is 11.6 Å². The Balaban J connectivity index is 1.44. The number of pyridine rings is 1. The molecule has 11 nitrogen and oxygen atoms in total. The van der Waals surface area contributed by atoms with Crippen LogP contribution in [0.2, 0.25) is 5.02 Å². The summed E-state index contributed by atoms with van der Waals surface area (Å²) in [6.07, 6.45) is 5.37. The maximum atomic E-state index is 12.5. The molecule has 0 aliphatic heterocycles. The fraction of sp³-hybridized carbons (Fsp3) is 0.0833. The molecule has 3 N–H and O–H groups in total. The standard InChI is InChI=1S/C24H20ClN7O4/c1-36-24(35)29-20-6-2-15(3-7-20)17-10-18(23(34)27-12-17)13-26-22(33)9-4-16-11-19(25)5-8-21(16)32-14-28-30-31-32/h2-12,14H,13H2,1H3,(H,26,33)(H,27,34)(H,29,35)/b9-4+. The number of hydrogen-bond acceptors (Lipinski definition) is 7. The van der Waals surface area contributed by atoms with E-state index in [1.807, 2.05) is 0 Å². The Morgan fingerprint density at radius 1 is 1.14 bits per heavy atom. The average Bonchev–Trinajstić information content (AvgIpc) is 3.42. The number of amides is 2. The van der Waals surface area contributed by atoms with Crippen LogP contribution < -0.4 is 16.2 Å². The first kappa shape index (κ1) is 24.4. The quantitative estimate of drug-likeness (QED) is 0.327. The predicted octanol–water partition coefficient (Wildman–Crippen LogP) is 3.18. The average molecular weight is 506 g/mol. The van der Waals surface area contributed by atoms with Gasteiger partial charge in [0.25, 0.3) is 5.56 Å². The minimum Gasteiger partial charge on any atom is -0.453 e. The largest absolute Gasteiger partial charge is 0.453 e. The molecule has 2 heterocycles. The summed E-state index contributed by atoms with van der Waals surface area (Å²) >= 11 is 6.10. The van der Waals surface area contributed by atoms with Gasteiger partial charge in [-0.2, -0.15) is 4.68 Å². The molecular weight excluding hydrogens is 486 g/mol. The second kappa shape index (κ2) is 11.1. The molecule has 36 heavy (non-hydrogen) atoms. The molecule has 0 bridgehead atoms. The number of nitrogens with zero attached hydrogens (tertiary/aromatic N) is 4. The van der Waals surface area contributed by atoms with Gasteiger partial charge in [0.2, 0.25) is 5.91 Å². The highest BCUT2D eigenvalue weighted by Crippen LogP contribution is 2.22. The predicted molar refractivity (Wildman–Crippen MR) is 134 cm³/mol. The van der Waals surface area contributed by atoms with Crippen molar-refractivity contribution in [1.29, 1.82) is 0 Å². The van der Waals surface area contributed by atoms with Gasteiger partial charge in [0.1, 0.15) is 6.33 Å². The highest BCUT2D eigenvalue weighted by atomic mass is 35.5. The van der Waals surface area contributed by atoms with Crippen molar-refractivity contribution in [3.8, 4) is 16.8 Å². The molecule has 0 unspecified atom stereocenters. The molecule has 0 fully saturated rings. The number of hydrogen-bond donors (Lipinski definition) is 3. The van der Waals surface area contributed by atoms with Gasteiger partial charge in [-0.3, -0.25) is 14.9 Å². The summed E-state index contributed by atoms with van der Waals surface area (Å²) in [4.78, 5) is 38.8. The Morgan fingerprint density at radius 2 is 1.94 bits per heavy atom. The fourth-order valence-electron chi connectivity index (χ4n) is 3.29. The normalized spacial score (nSPS) is 10.8. The number of anilines is 1. The van der Waals surface area contributed by atoms with Crippen molar-refractivity contribution in [2.45, 2.75) is 6.54 Å². The number of aromatic nitrogens is 5. The Kier molecular flexibility index (Phi) is 7.51. The number of methoxy groups -OCH3 is 1. The highest BCUT2D eigenvalue weighted by Gasteiger charge is 2.08. The fourth-order valence-corrected chi connectivity index (χ4v) is 3.47. The van der Waals surface area contributed by atoms with Gasteiger partial charge in [-0.25, -0.2) is 4.79 Å². The Hall–Kier alpha value is -4.77. The van der Waals surface area contributed by atoms with Crippen LogP contribution in [0.15, 0.2) is 71.9 Å². The minimum absolute atomic E-state index is 0.0176. The van der Waals surface area contributed by atoms with Crippen molar-refractivity contribution in [3.05, 3.63) is 93.6 Å². The van der Waals surface area contributed by atoms with Crippen molar-refractivity contribution in [3.63, 3.8) is 0 Å². The number of nitrogens with one attached hydrogen (secondary N) is 3. The molecule has 0 saturated carbocycles. The third-order valence-electron chi connectivity index (χ3n) is 5.08. The SMILES string of the molecule is COC(=O)Nc1ccc(-c2c[nH]c(=O)c(CNC(=O)/C=C/c3cc(Cl)ccc3-n3cnnn3)c2)cc1. The van der Waals surface area contributed by atoms with E-state index in [2.05, 4.69) is 35.9 Å². The Morgan fingerprint density at radius 3 is 2.67 bits per heavy atom. The Bertz CT molecular complexity index is 1460. The molecule has 0 saturated heterocycles. The molecule has 182 valence electrons. The summed E-state index contributed by atoms with van der Waals surface area (Å²) in [6, 6.07) is 13.8. The molecule has 2 aromatic carbocycles. The first-order valence-corrected chi connectivity index (χ1v) is 11.0. The number of benzene rings is 2. The van der Waals surface area contributed by atoms with Crippen LogP contribution in [-0.4, -0.2) is 44.3 Å². The van der Waals surface area contributed by atoms with E-state index >= 15 is 0 Å². The van der Waals surface area contributed by atoms with Gasteiger partial charge in [0, 0.05) is 40.7 Å². The van der Waals surface area contributed by atoms with Crippen LogP contribution in [0.5, 0.6) is 0 Å². The van der Waals surface area contributed by atoms with E-state index in [1.54, 1.807) is 60.8 Å². The van der Waals surface area contributed by atoms with E-state index in [1.165, 1.54) is 24.2 Å². The van der Waals surface area contributed by atoms with Crippen LogP contribution in [0, 0.1) is 0 Å². The first-order chi connectivity index (χ1) is 17.4. The van der Waals surface area contributed by atoms with Crippen molar-refractivity contribution in [2.75, 3.05) is 12.4 Å². The smallest absolute Gasteiger partial charge is 0.411 e. The van der Waals surface area contributed by atoms with Gasteiger partial charge >= 0.3 is 6.09 Å². The molecule has 2 amide bonds. The molecule has 0 radical (unpaired) electrons. The third kappa shape index (κ3) is 6.02. The Labute approximate surface area is 209 Å². The highest BCUT2D eigenvalue weighted by molar-refractivity contribution is 6.30. The summed E-state index contributed by atoms with van der Waals surface area (Å²) in [5.41, 5.74) is 3.46. The first-order valence-electron chi connectivity index (χ1n) is 10.6. The number of ether oxygens (including phenoxy) is 1. The number of carbonyl (C=O) groups excluding carboxylic acids is 2. The lowest BCUT2D eigenvalue weighted by atomic mass is 10.1. The second-order valence-corrected chi connectivity index (χ2v) is 7.88. The van der Waals surface area contributed by atoms with Crippen LogP contribution >= 0.6 is 11.6 Å². The van der Waals surface area contributed by atoms with Gasteiger partial charge in [-0.1, -0.05) is 23.7 Å². The van der Waals surface area contributed by atoms with Crippen LogP contribution in [0.4, 0.5) is 10.5 Å². The summed E-state index contributed by atoms with van der Waals surface area (Å²) in [5.74, 6) is -0.402. The van der Waals surface area contributed by atoms with E-state index in [9.17, 15) is 14.4 Å². The van der Waals surface area contributed by atoms with Crippen LogP contribution in [-0.2, 0) is 16.1 Å². The third-order valence-corrected chi connectivity index (χ3v) is 5.32. The number of aromatic amines is 1. The van der Waals surface area contributed by atoms with Crippen LogP contribution in [0.1, 0.15) is 11.1 Å². The maximum absolute atomic E-state index is 12.5. The summed E-state index contributed by atoms with van der Waals surface area (Å²) in [5, 5.41) is 16.9. The maximum Gasteiger partial charge on any atom is 0.411 e. The monoisotopic (exact) mass is 505 g/mol. The lowest BCUT2D eigenvalue weighted by Crippen LogP contribution is -2.25. The van der Waals surface area contributed by atoms with E-state index in [-0.39, 0.29) is 12.1 Å². The number of tetrazole rings is 1. The van der Waals surface area contributed by atoms with Gasteiger partial charge in [0.05, 0.1) is 12.8 Å². The number of H-pyrrole nitrogens is 1. The van der Waals surface area contributed by atoms with E-state index in [0.717, 1.165) is 11.1 Å². The van der Waals surface area contributed by atoms with Gasteiger partial charge in [-0.05, 0) is 64.0 Å². The minimum atomic E-state index is -0.569. The molecule has 4 rings (SSSR count). The summed E-state index contributed by atoms with van der Waals surface area (Å²) < 4.78 is 6.03. The van der Waals surface area contributed by atoms with Gasteiger partial charge < -0.3 is 15.0 Å². The zero-order valence-corrected chi connectivity index (χ0v) is 19.7. The van der Waals surface area contributed by atoms with Gasteiger partial charge in [-0.15, -0.1) is 5.10 Å². The molecule has 0 atom stereocenters. The molecule has 0 aliphatic rings. The molecule has 0 spiro atoms. The van der Waals surface area contributed by atoms with E-state index < -0.39 is 12.0 Å². The number of carbonyl (C=O) groups is 2. The molecule has 0 aliphatic carbocycles. The summed E-state index contributed by atoms with van der Waals surface area (Å²) in [7, 11) is 1.28. The lowest BCUT2D eigenvalue weighted by Gasteiger charge is -2.08. The van der Waals surface area contributed by atoms with Crippen molar-refractivity contribution in [2.24, 2.45) is 0 Å². The number of rotatable bonds is 7. The zero-order valence-electron chi connectivity index (χ0n) is 18.9. The molecular formula is C24H20ClN7O4. The van der Waals surface area contributed by atoms with Crippen LogP contribution in [0.25, 0.3) is 22.9 Å². The van der Waals surface area contributed by atoms with E-state index in [0.29, 0.717) is 27.5 Å².